The summed E-state index contributed by atoms with van der Waals surface area (Å²) in [6, 6.07) is 1.22. The van der Waals surface area contributed by atoms with Gasteiger partial charge in [0.05, 0.1) is 6.61 Å². The largest absolute Gasteiger partial charge is 0.380 e. The van der Waals surface area contributed by atoms with Crippen molar-refractivity contribution in [3.63, 3.8) is 0 Å². The Bertz CT molecular complexity index is 303. The molecule has 0 aromatic carbocycles. The van der Waals surface area contributed by atoms with E-state index in [-0.39, 0.29) is 0 Å². The van der Waals surface area contributed by atoms with E-state index >= 15 is 0 Å². The molecular formula is C17H34N2O. The highest BCUT2D eigenvalue weighted by molar-refractivity contribution is 5.05. The van der Waals surface area contributed by atoms with Crippen LogP contribution in [0.5, 0.6) is 0 Å². The number of nitrogens with one attached hydrogen (secondary N) is 1. The van der Waals surface area contributed by atoms with Crippen molar-refractivity contribution < 1.29 is 4.74 Å². The van der Waals surface area contributed by atoms with Crippen molar-refractivity contribution in [2.24, 2.45) is 11.8 Å². The van der Waals surface area contributed by atoms with Crippen molar-refractivity contribution in [1.82, 2.24) is 10.2 Å². The smallest absolute Gasteiger partial charge is 0.0624 e. The summed E-state index contributed by atoms with van der Waals surface area (Å²) in [6.45, 7) is 15.6. The molecule has 1 N–H and O–H groups in total. The van der Waals surface area contributed by atoms with Crippen molar-refractivity contribution in [2.45, 2.75) is 71.5 Å². The predicted octanol–water partition coefficient (Wildman–Crippen LogP) is 2.90. The number of hydrogen-bond acceptors (Lipinski definition) is 3. The molecule has 2 fully saturated rings. The average molecular weight is 282 g/mol. The topological polar surface area (TPSA) is 24.5 Å². The van der Waals surface area contributed by atoms with Crippen molar-refractivity contribution in [3.05, 3.63) is 0 Å². The standard InChI is InChI=1S/C17H34N2O/c1-6-15-10-18-17(5,14-8-9-14)12-19(15)16(13(3)4)11-20-7-2/h13-16,18H,6-12H2,1-5H3. The van der Waals surface area contributed by atoms with Gasteiger partial charge in [0.25, 0.3) is 0 Å². The third-order valence-electron chi connectivity index (χ3n) is 5.36. The first-order valence-electron chi connectivity index (χ1n) is 8.60. The molecule has 0 spiro atoms. The van der Waals surface area contributed by atoms with Crippen LogP contribution in [0.2, 0.25) is 0 Å². The lowest BCUT2D eigenvalue weighted by atomic mass is 9.87. The van der Waals surface area contributed by atoms with Gasteiger partial charge in [-0.3, -0.25) is 4.90 Å². The Morgan fingerprint density at radius 1 is 1.30 bits per heavy atom. The summed E-state index contributed by atoms with van der Waals surface area (Å²) < 4.78 is 5.79. The summed E-state index contributed by atoms with van der Waals surface area (Å²) in [5, 5.41) is 3.86. The molecule has 2 rings (SSSR count). The fraction of sp³-hybridized carbons (Fsp3) is 1.00. The molecule has 2 aliphatic rings. The number of ether oxygens (including phenoxy) is 1. The van der Waals surface area contributed by atoms with E-state index < -0.39 is 0 Å². The van der Waals surface area contributed by atoms with E-state index in [4.69, 9.17) is 4.74 Å². The van der Waals surface area contributed by atoms with Crippen molar-refractivity contribution in [3.8, 4) is 0 Å². The molecule has 118 valence electrons. The zero-order valence-electron chi connectivity index (χ0n) is 14.1. The summed E-state index contributed by atoms with van der Waals surface area (Å²) in [6.07, 6.45) is 4.04. The molecule has 0 aromatic heterocycles. The van der Waals surface area contributed by atoms with Gasteiger partial charge in [0, 0.05) is 37.3 Å². The van der Waals surface area contributed by atoms with Crippen molar-refractivity contribution in [1.29, 1.82) is 0 Å². The molecule has 3 unspecified atom stereocenters. The summed E-state index contributed by atoms with van der Waals surface area (Å²) in [5.41, 5.74) is 0.324. The van der Waals surface area contributed by atoms with Gasteiger partial charge in [0.2, 0.25) is 0 Å². The second-order valence-corrected chi connectivity index (χ2v) is 7.28. The molecule has 3 nitrogen and oxygen atoms in total. The Labute approximate surface area is 125 Å². The third kappa shape index (κ3) is 3.55. The van der Waals surface area contributed by atoms with Crippen LogP contribution in [0, 0.1) is 11.8 Å². The number of nitrogens with zero attached hydrogens (tertiary/aromatic N) is 1. The molecule has 1 aliphatic heterocycles. The Morgan fingerprint density at radius 2 is 2.00 bits per heavy atom. The molecule has 0 radical (unpaired) electrons. The molecule has 1 saturated heterocycles. The molecule has 3 atom stereocenters. The monoisotopic (exact) mass is 282 g/mol. The van der Waals surface area contributed by atoms with E-state index in [0.29, 0.717) is 23.5 Å². The van der Waals surface area contributed by atoms with Gasteiger partial charge in [-0.15, -0.1) is 0 Å². The van der Waals surface area contributed by atoms with Crippen LogP contribution in [0.25, 0.3) is 0 Å². The van der Waals surface area contributed by atoms with Gasteiger partial charge in [0.1, 0.15) is 0 Å². The first-order chi connectivity index (χ1) is 9.51. The van der Waals surface area contributed by atoms with Crippen molar-refractivity contribution in [2.75, 3.05) is 26.3 Å². The predicted molar refractivity (Wildman–Crippen MR) is 85.0 cm³/mol. The van der Waals surface area contributed by atoms with Gasteiger partial charge < -0.3 is 10.1 Å². The molecule has 1 aliphatic carbocycles. The lowest BCUT2D eigenvalue weighted by Gasteiger charge is -2.50. The lowest BCUT2D eigenvalue weighted by molar-refractivity contribution is -0.0203. The Balaban J connectivity index is 2.09. The van der Waals surface area contributed by atoms with E-state index in [2.05, 4.69) is 44.8 Å². The van der Waals surface area contributed by atoms with Crippen LogP contribution in [0.1, 0.15) is 53.9 Å². The number of rotatable bonds is 7. The zero-order chi connectivity index (χ0) is 14.8. The fourth-order valence-electron chi connectivity index (χ4n) is 3.70. The second kappa shape index (κ2) is 6.76. The maximum Gasteiger partial charge on any atom is 0.0624 e. The minimum Gasteiger partial charge on any atom is -0.380 e. The van der Waals surface area contributed by atoms with Crippen LogP contribution in [0.3, 0.4) is 0 Å². The molecular weight excluding hydrogens is 248 g/mol. The molecule has 0 aromatic rings. The lowest BCUT2D eigenvalue weighted by Crippen LogP contribution is -2.67. The molecule has 0 amide bonds. The van der Waals surface area contributed by atoms with E-state index in [0.717, 1.165) is 25.7 Å². The van der Waals surface area contributed by atoms with Gasteiger partial charge in [-0.05, 0) is 44.9 Å². The van der Waals surface area contributed by atoms with E-state index in [1.807, 2.05) is 0 Å². The molecule has 3 heteroatoms. The first-order valence-corrected chi connectivity index (χ1v) is 8.60. The van der Waals surface area contributed by atoms with Crippen LogP contribution in [0.15, 0.2) is 0 Å². The van der Waals surface area contributed by atoms with Crippen LogP contribution >= 0.6 is 0 Å². The molecule has 20 heavy (non-hydrogen) atoms. The zero-order valence-corrected chi connectivity index (χ0v) is 14.1. The average Bonchev–Trinajstić information content (AvgIpc) is 3.24. The maximum atomic E-state index is 5.79. The summed E-state index contributed by atoms with van der Waals surface area (Å²) in [5.74, 6) is 1.54. The van der Waals surface area contributed by atoms with E-state index in [1.54, 1.807) is 0 Å². The van der Waals surface area contributed by atoms with Crippen LogP contribution in [0.4, 0.5) is 0 Å². The van der Waals surface area contributed by atoms with Crippen LogP contribution in [-0.2, 0) is 4.74 Å². The SMILES string of the molecule is CCOCC(C(C)C)N1CC(C)(C2CC2)NCC1CC. The van der Waals surface area contributed by atoms with Gasteiger partial charge in [0.15, 0.2) is 0 Å². The molecule has 1 saturated carbocycles. The summed E-state index contributed by atoms with van der Waals surface area (Å²) >= 11 is 0. The number of hydrogen-bond donors (Lipinski definition) is 1. The van der Waals surface area contributed by atoms with Gasteiger partial charge in [-0.1, -0.05) is 20.8 Å². The normalized spacial score (nSPS) is 33.6. The van der Waals surface area contributed by atoms with Crippen LogP contribution in [-0.4, -0.2) is 48.8 Å². The Morgan fingerprint density at radius 3 is 2.50 bits per heavy atom. The highest BCUT2D eigenvalue weighted by Gasteiger charge is 2.47. The Hall–Kier alpha value is -0.120. The minimum absolute atomic E-state index is 0.324. The second-order valence-electron chi connectivity index (χ2n) is 7.28. The highest BCUT2D eigenvalue weighted by atomic mass is 16.5. The summed E-state index contributed by atoms with van der Waals surface area (Å²) in [4.78, 5) is 2.76. The summed E-state index contributed by atoms with van der Waals surface area (Å²) in [7, 11) is 0. The van der Waals surface area contributed by atoms with Gasteiger partial charge in [-0.25, -0.2) is 0 Å². The van der Waals surface area contributed by atoms with E-state index in [1.165, 1.54) is 25.8 Å². The van der Waals surface area contributed by atoms with Gasteiger partial charge >= 0.3 is 0 Å². The van der Waals surface area contributed by atoms with Gasteiger partial charge in [-0.2, -0.15) is 0 Å². The minimum atomic E-state index is 0.324. The quantitative estimate of drug-likeness (QED) is 0.777. The fourth-order valence-corrected chi connectivity index (χ4v) is 3.70. The third-order valence-corrected chi connectivity index (χ3v) is 5.36. The highest BCUT2D eigenvalue weighted by Crippen LogP contribution is 2.42. The van der Waals surface area contributed by atoms with E-state index in [9.17, 15) is 0 Å². The number of piperazine rings is 1. The first kappa shape index (κ1) is 16.3. The molecule has 1 heterocycles. The Kier molecular flexibility index (Phi) is 5.49. The maximum absolute atomic E-state index is 5.79. The molecule has 0 bridgehead atoms. The van der Waals surface area contributed by atoms with Crippen LogP contribution < -0.4 is 5.32 Å². The van der Waals surface area contributed by atoms with Crippen molar-refractivity contribution >= 4 is 0 Å².